The van der Waals surface area contributed by atoms with Crippen LogP contribution in [-0.4, -0.2) is 40.8 Å². The van der Waals surface area contributed by atoms with E-state index in [1.165, 1.54) is 12.1 Å². The van der Waals surface area contributed by atoms with Crippen molar-refractivity contribution in [1.82, 2.24) is 5.32 Å². The van der Waals surface area contributed by atoms with Crippen molar-refractivity contribution in [2.24, 2.45) is 0 Å². The van der Waals surface area contributed by atoms with E-state index >= 15 is 0 Å². The maximum atomic E-state index is 12.0. The third-order valence-electron chi connectivity index (χ3n) is 3.02. The Morgan fingerprint density at radius 1 is 1.24 bits per heavy atom. The minimum Gasteiger partial charge on any atom is -0.508 e. The molecular weight excluding hydrogens is 274 g/mol. The van der Waals surface area contributed by atoms with E-state index in [1.54, 1.807) is 26.0 Å². The summed E-state index contributed by atoms with van der Waals surface area (Å²) in [6.45, 7) is 3.97. The number of amides is 1. The van der Waals surface area contributed by atoms with Gasteiger partial charge in [-0.1, -0.05) is 19.1 Å². The number of aliphatic carboxylic acids is 1. The molecule has 2 atom stereocenters. The number of carbonyl (C=O) groups is 2. The number of hydrogen-bond donors (Lipinski definition) is 3. The van der Waals surface area contributed by atoms with Crippen molar-refractivity contribution in [1.29, 1.82) is 0 Å². The molecule has 0 saturated carbocycles. The molecule has 0 aromatic heterocycles. The number of carboxylic acids is 1. The Balaban J connectivity index is 2.71. The molecule has 21 heavy (non-hydrogen) atoms. The molecule has 1 amide bonds. The standard InChI is InChI=1S/C15H21NO5/c1-3-13(21-4-2)14(18)16-12(15(19)20)9-10-5-7-11(17)8-6-10/h5-8,12-13,17H,3-4,9H2,1-2H3,(H,16,18)(H,19,20)/t12-,13?/m0/s1. The number of nitrogens with one attached hydrogen (secondary N) is 1. The van der Waals surface area contributed by atoms with E-state index in [0.29, 0.717) is 18.6 Å². The minimum absolute atomic E-state index is 0.108. The second kappa shape index (κ2) is 8.26. The van der Waals surface area contributed by atoms with Crippen LogP contribution in [0.5, 0.6) is 5.75 Å². The van der Waals surface area contributed by atoms with Gasteiger partial charge in [0.15, 0.2) is 0 Å². The van der Waals surface area contributed by atoms with Gasteiger partial charge in [0, 0.05) is 13.0 Å². The van der Waals surface area contributed by atoms with E-state index < -0.39 is 24.0 Å². The summed E-state index contributed by atoms with van der Waals surface area (Å²) in [5, 5.41) is 20.9. The zero-order valence-electron chi connectivity index (χ0n) is 12.2. The van der Waals surface area contributed by atoms with Crippen LogP contribution in [0.15, 0.2) is 24.3 Å². The first-order chi connectivity index (χ1) is 9.97. The molecule has 0 radical (unpaired) electrons. The molecule has 1 unspecified atom stereocenters. The zero-order chi connectivity index (χ0) is 15.8. The van der Waals surface area contributed by atoms with Gasteiger partial charge in [0.05, 0.1) is 0 Å². The summed E-state index contributed by atoms with van der Waals surface area (Å²) in [6, 6.07) is 5.17. The van der Waals surface area contributed by atoms with Crippen LogP contribution in [0.1, 0.15) is 25.8 Å². The summed E-state index contributed by atoms with van der Waals surface area (Å²) in [4.78, 5) is 23.3. The van der Waals surface area contributed by atoms with E-state index in [-0.39, 0.29) is 12.2 Å². The van der Waals surface area contributed by atoms with Crippen LogP contribution in [-0.2, 0) is 20.7 Å². The second-order valence-corrected chi connectivity index (χ2v) is 4.62. The van der Waals surface area contributed by atoms with Gasteiger partial charge in [-0.15, -0.1) is 0 Å². The van der Waals surface area contributed by atoms with Gasteiger partial charge >= 0.3 is 5.97 Å². The van der Waals surface area contributed by atoms with Crippen LogP contribution in [0.4, 0.5) is 0 Å². The van der Waals surface area contributed by atoms with Crippen LogP contribution in [0.3, 0.4) is 0 Å². The van der Waals surface area contributed by atoms with Crippen molar-refractivity contribution >= 4 is 11.9 Å². The predicted molar refractivity (Wildman–Crippen MR) is 77.1 cm³/mol. The molecule has 0 heterocycles. The first-order valence-electron chi connectivity index (χ1n) is 6.90. The Kier molecular flexibility index (Phi) is 6.68. The average molecular weight is 295 g/mol. The number of ether oxygens (including phenoxy) is 1. The summed E-state index contributed by atoms with van der Waals surface area (Å²) in [7, 11) is 0. The Morgan fingerprint density at radius 2 is 1.86 bits per heavy atom. The van der Waals surface area contributed by atoms with Crippen LogP contribution in [0.2, 0.25) is 0 Å². The number of carboxylic acid groups (broad SMARTS) is 1. The SMILES string of the molecule is CCOC(CC)C(=O)N[C@@H](Cc1ccc(O)cc1)C(=O)O. The number of hydrogen-bond acceptors (Lipinski definition) is 4. The van der Waals surface area contributed by atoms with Crippen molar-refractivity contribution in [3.05, 3.63) is 29.8 Å². The number of phenols is 1. The molecule has 0 bridgehead atoms. The molecule has 0 aliphatic carbocycles. The fourth-order valence-corrected chi connectivity index (χ4v) is 1.91. The molecule has 0 aliphatic rings. The van der Waals surface area contributed by atoms with Gasteiger partial charge < -0.3 is 20.3 Å². The number of phenolic OH excluding ortho intramolecular Hbond substituents is 1. The quantitative estimate of drug-likeness (QED) is 0.672. The fraction of sp³-hybridized carbons (Fsp3) is 0.467. The molecule has 1 rings (SSSR count). The average Bonchev–Trinajstić information content (AvgIpc) is 2.45. The van der Waals surface area contributed by atoms with E-state index in [1.807, 2.05) is 0 Å². The summed E-state index contributed by atoms with van der Waals surface area (Å²) in [5.74, 6) is -1.43. The van der Waals surface area contributed by atoms with Crippen molar-refractivity contribution in [2.45, 2.75) is 38.8 Å². The topological polar surface area (TPSA) is 95.9 Å². The first-order valence-corrected chi connectivity index (χ1v) is 6.90. The number of benzene rings is 1. The Hall–Kier alpha value is -2.08. The van der Waals surface area contributed by atoms with Gasteiger partial charge in [0.2, 0.25) is 5.91 Å². The number of rotatable bonds is 8. The summed E-state index contributed by atoms with van der Waals surface area (Å²) in [5.41, 5.74) is 0.713. The summed E-state index contributed by atoms with van der Waals surface area (Å²) in [6.07, 6.45) is -0.0218. The fourth-order valence-electron chi connectivity index (χ4n) is 1.91. The van der Waals surface area contributed by atoms with Gasteiger partial charge in [-0.2, -0.15) is 0 Å². The maximum absolute atomic E-state index is 12.0. The molecule has 0 spiro atoms. The molecule has 0 saturated heterocycles. The van der Waals surface area contributed by atoms with Crippen LogP contribution in [0.25, 0.3) is 0 Å². The van der Waals surface area contributed by atoms with Gasteiger partial charge in [0.25, 0.3) is 0 Å². The molecular formula is C15H21NO5. The number of carbonyl (C=O) groups excluding carboxylic acids is 1. The Labute approximate surface area is 123 Å². The molecule has 116 valence electrons. The predicted octanol–water partition coefficient (Wildman–Crippen LogP) is 1.32. The van der Waals surface area contributed by atoms with E-state index in [0.717, 1.165) is 0 Å². The van der Waals surface area contributed by atoms with E-state index in [2.05, 4.69) is 5.32 Å². The van der Waals surface area contributed by atoms with Crippen LogP contribution < -0.4 is 5.32 Å². The zero-order valence-corrected chi connectivity index (χ0v) is 12.2. The molecule has 0 fully saturated rings. The smallest absolute Gasteiger partial charge is 0.326 e. The molecule has 1 aromatic carbocycles. The minimum atomic E-state index is -1.11. The normalized spacial score (nSPS) is 13.4. The highest BCUT2D eigenvalue weighted by molar-refractivity contribution is 5.86. The largest absolute Gasteiger partial charge is 0.508 e. The van der Waals surface area contributed by atoms with Gasteiger partial charge in [0.1, 0.15) is 17.9 Å². The lowest BCUT2D eigenvalue weighted by Crippen LogP contribution is -2.47. The highest BCUT2D eigenvalue weighted by atomic mass is 16.5. The van der Waals surface area contributed by atoms with E-state index in [9.17, 15) is 19.8 Å². The monoisotopic (exact) mass is 295 g/mol. The third-order valence-corrected chi connectivity index (χ3v) is 3.02. The number of aromatic hydroxyl groups is 1. The van der Waals surface area contributed by atoms with Gasteiger partial charge in [-0.25, -0.2) is 4.79 Å². The second-order valence-electron chi connectivity index (χ2n) is 4.62. The van der Waals surface area contributed by atoms with Crippen molar-refractivity contribution < 1.29 is 24.5 Å². The lowest BCUT2D eigenvalue weighted by Gasteiger charge is -2.19. The summed E-state index contributed by atoms with van der Waals surface area (Å²) < 4.78 is 5.26. The van der Waals surface area contributed by atoms with Gasteiger partial charge in [-0.3, -0.25) is 4.79 Å². The molecule has 6 heteroatoms. The van der Waals surface area contributed by atoms with Crippen molar-refractivity contribution in [3.63, 3.8) is 0 Å². The van der Waals surface area contributed by atoms with Crippen LogP contribution in [0, 0.1) is 0 Å². The lowest BCUT2D eigenvalue weighted by molar-refractivity contribution is -0.144. The van der Waals surface area contributed by atoms with E-state index in [4.69, 9.17) is 4.74 Å². The maximum Gasteiger partial charge on any atom is 0.326 e. The molecule has 1 aromatic rings. The lowest BCUT2D eigenvalue weighted by atomic mass is 10.1. The van der Waals surface area contributed by atoms with Crippen molar-refractivity contribution in [3.8, 4) is 5.75 Å². The highest BCUT2D eigenvalue weighted by Gasteiger charge is 2.24. The van der Waals surface area contributed by atoms with Gasteiger partial charge in [-0.05, 0) is 31.0 Å². The Morgan fingerprint density at radius 3 is 2.33 bits per heavy atom. The molecule has 0 aliphatic heterocycles. The molecule has 3 N–H and O–H groups in total. The highest BCUT2D eigenvalue weighted by Crippen LogP contribution is 2.12. The van der Waals surface area contributed by atoms with Crippen molar-refractivity contribution in [2.75, 3.05) is 6.61 Å². The Bertz CT molecular complexity index is 471. The van der Waals surface area contributed by atoms with Crippen LogP contribution >= 0.6 is 0 Å². The molecule has 6 nitrogen and oxygen atoms in total. The summed E-state index contributed by atoms with van der Waals surface area (Å²) >= 11 is 0. The third kappa shape index (κ3) is 5.43. The first kappa shape index (κ1) is 17.0.